The molecule has 1 aromatic carbocycles. The average Bonchev–Trinajstić information content (AvgIpc) is 2.96. The lowest BCUT2D eigenvalue weighted by molar-refractivity contribution is -0.124. The van der Waals surface area contributed by atoms with Crippen LogP contribution in [-0.4, -0.2) is 31.2 Å². The van der Waals surface area contributed by atoms with E-state index in [9.17, 15) is 14.4 Å². The van der Waals surface area contributed by atoms with Gasteiger partial charge in [-0.3, -0.25) is 23.6 Å². The van der Waals surface area contributed by atoms with E-state index in [4.69, 9.17) is 0 Å². The van der Waals surface area contributed by atoms with E-state index >= 15 is 0 Å². The van der Waals surface area contributed by atoms with E-state index < -0.39 is 0 Å². The molecule has 1 fully saturated rings. The Hall–Kier alpha value is -2.28. The third-order valence-electron chi connectivity index (χ3n) is 4.45. The summed E-state index contributed by atoms with van der Waals surface area (Å²) in [5, 5.41) is -0.228. The molecule has 2 amide bonds. The highest BCUT2D eigenvalue weighted by Crippen LogP contribution is 2.34. The van der Waals surface area contributed by atoms with Gasteiger partial charge in [-0.1, -0.05) is 13.0 Å². The molecule has 0 unspecified atom stereocenters. The number of carbonyl (C=O) groups excluding carboxylic acids is 2. The summed E-state index contributed by atoms with van der Waals surface area (Å²) >= 11 is 0.963. The summed E-state index contributed by atoms with van der Waals surface area (Å²) < 4.78 is 3.15. The predicted molar refractivity (Wildman–Crippen MR) is 95.7 cm³/mol. The Labute approximate surface area is 143 Å². The zero-order valence-corrected chi connectivity index (χ0v) is 14.9. The molecule has 0 saturated carbocycles. The molecule has 1 aromatic heterocycles. The van der Waals surface area contributed by atoms with Gasteiger partial charge in [-0.15, -0.1) is 0 Å². The van der Waals surface area contributed by atoms with Crippen molar-refractivity contribution in [2.45, 2.75) is 26.3 Å². The van der Waals surface area contributed by atoms with Crippen molar-refractivity contribution in [1.82, 2.24) is 14.0 Å². The van der Waals surface area contributed by atoms with Crippen molar-refractivity contribution in [2.75, 3.05) is 0 Å². The maximum atomic E-state index is 12.5. The molecule has 2 aromatic rings. The van der Waals surface area contributed by atoms with Crippen LogP contribution in [-0.2, 0) is 18.9 Å². The predicted octanol–water partition coefficient (Wildman–Crippen LogP) is 2.71. The molecule has 0 radical (unpaired) electrons. The number of thioether (sulfide) groups is 1. The first-order chi connectivity index (χ1) is 11.3. The molecule has 2 heterocycles. The highest BCUT2D eigenvalue weighted by Gasteiger charge is 2.37. The van der Waals surface area contributed by atoms with Gasteiger partial charge in [0.25, 0.3) is 11.1 Å². The molecule has 0 bridgehead atoms. The van der Waals surface area contributed by atoms with Crippen molar-refractivity contribution in [2.24, 2.45) is 14.1 Å². The van der Waals surface area contributed by atoms with Crippen LogP contribution in [0, 0.1) is 0 Å². The molecule has 24 heavy (non-hydrogen) atoms. The maximum Gasteiger partial charge on any atom is 0.328 e. The van der Waals surface area contributed by atoms with E-state index in [0.29, 0.717) is 4.91 Å². The first-order valence-electron chi connectivity index (χ1n) is 7.77. The molecule has 1 aliphatic rings. The van der Waals surface area contributed by atoms with E-state index in [-0.39, 0.29) is 22.9 Å². The standard InChI is InChI=1S/C17H19N3O3S/c1-5-10(2)20-15(21)14(24-17(20)23)9-11-6-7-12-13(8-11)19(4)16(22)18(12)3/h6-10H,5H2,1-4H3/b14-9+/t10-/m0/s1. The Kier molecular flexibility index (Phi) is 4.13. The quantitative estimate of drug-likeness (QED) is 0.803. The molecular formula is C17H19N3O3S. The fraction of sp³-hybridized carbons (Fsp3) is 0.353. The second-order valence-electron chi connectivity index (χ2n) is 5.96. The largest absolute Gasteiger partial charge is 0.328 e. The van der Waals surface area contributed by atoms with Gasteiger partial charge in [0.1, 0.15) is 0 Å². The number of rotatable bonds is 3. The Morgan fingerprint density at radius 1 is 1.12 bits per heavy atom. The van der Waals surface area contributed by atoms with E-state index in [1.807, 2.05) is 32.0 Å². The average molecular weight is 345 g/mol. The number of fused-ring (bicyclic) bond motifs is 1. The Morgan fingerprint density at radius 2 is 1.79 bits per heavy atom. The van der Waals surface area contributed by atoms with Crippen LogP contribution >= 0.6 is 11.8 Å². The summed E-state index contributed by atoms with van der Waals surface area (Å²) in [6.45, 7) is 3.81. The van der Waals surface area contributed by atoms with Crippen molar-refractivity contribution in [3.63, 3.8) is 0 Å². The van der Waals surface area contributed by atoms with Crippen molar-refractivity contribution in [3.05, 3.63) is 39.2 Å². The zero-order chi connectivity index (χ0) is 17.6. The van der Waals surface area contributed by atoms with Gasteiger partial charge in [0.15, 0.2) is 0 Å². The van der Waals surface area contributed by atoms with Crippen molar-refractivity contribution >= 4 is 40.0 Å². The molecule has 6 nitrogen and oxygen atoms in total. The van der Waals surface area contributed by atoms with Gasteiger partial charge in [-0.05, 0) is 48.9 Å². The smallest absolute Gasteiger partial charge is 0.295 e. The van der Waals surface area contributed by atoms with Gasteiger partial charge in [-0.25, -0.2) is 4.79 Å². The van der Waals surface area contributed by atoms with Crippen LogP contribution < -0.4 is 5.69 Å². The number of hydrogen-bond donors (Lipinski definition) is 0. The number of aromatic nitrogens is 2. The summed E-state index contributed by atoms with van der Waals surface area (Å²) in [6.07, 6.45) is 2.44. The number of benzene rings is 1. The molecule has 7 heteroatoms. The number of hydrogen-bond acceptors (Lipinski definition) is 4. The van der Waals surface area contributed by atoms with Gasteiger partial charge >= 0.3 is 5.69 Å². The minimum Gasteiger partial charge on any atom is -0.295 e. The van der Waals surface area contributed by atoms with Gasteiger partial charge < -0.3 is 0 Å². The molecule has 0 aliphatic carbocycles. The highest BCUT2D eigenvalue weighted by atomic mass is 32.2. The fourth-order valence-electron chi connectivity index (χ4n) is 2.81. The minimum absolute atomic E-state index is 0.0979. The second-order valence-corrected chi connectivity index (χ2v) is 6.95. The van der Waals surface area contributed by atoms with Crippen LogP contribution in [0.4, 0.5) is 4.79 Å². The molecule has 1 aliphatic heterocycles. The molecule has 3 rings (SSSR count). The molecular weight excluding hydrogens is 326 g/mol. The number of carbonyl (C=O) groups is 2. The molecule has 0 spiro atoms. The minimum atomic E-state index is -0.249. The number of imidazole rings is 1. The third kappa shape index (κ3) is 2.49. The summed E-state index contributed by atoms with van der Waals surface area (Å²) in [6, 6.07) is 5.44. The highest BCUT2D eigenvalue weighted by molar-refractivity contribution is 8.18. The van der Waals surface area contributed by atoms with Crippen LogP contribution in [0.25, 0.3) is 17.1 Å². The first kappa shape index (κ1) is 16.6. The van der Waals surface area contributed by atoms with Crippen LogP contribution in [0.1, 0.15) is 25.8 Å². The van der Waals surface area contributed by atoms with Crippen molar-refractivity contribution in [3.8, 4) is 0 Å². The monoisotopic (exact) mass is 345 g/mol. The lowest BCUT2D eigenvalue weighted by atomic mass is 10.1. The van der Waals surface area contributed by atoms with Crippen LogP contribution in [0.15, 0.2) is 27.9 Å². The fourth-order valence-corrected chi connectivity index (χ4v) is 3.74. The van der Waals surface area contributed by atoms with Gasteiger partial charge in [0.05, 0.1) is 15.9 Å². The van der Waals surface area contributed by atoms with Crippen LogP contribution in [0.3, 0.4) is 0 Å². The summed E-state index contributed by atoms with van der Waals surface area (Å²) in [7, 11) is 3.44. The van der Waals surface area contributed by atoms with Crippen LogP contribution in [0.5, 0.6) is 0 Å². The van der Waals surface area contributed by atoms with E-state index in [1.165, 1.54) is 4.90 Å². The van der Waals surface area contributed by atoms with E-state index in [2.05, 4.69) is 0 Å². The molecule has 1 saturated heterocycles. The third-order valence-corrected chi connectivity index (χ3v) is 5.33. The Balaban J connectivity index is 2.02. The normalized spacial score (nSPS) is 18.2. The summed E-state index contributed by atoms with van der Waals surface area (Å²) in [5.41, 5.74) is 2.31. The summed E-state index contributed by atoms with van der Waals surface area (Å²) in [5.74, 6) is -0.249. The van der Waals surface area contributed by atoms with Crippen molar-refractivity contribution in [1.29, 1.82) is 0 Å². The number of nitrogens with zero attached hydrogens (tertiary/aromatic N) is 3. The van der Waals surface area contributed by atoms with Crippen LogP contribution in [0.2, 0.25) is 0 Å². The topological polar surface area (TPSA) is 64.3 Å². The molecule has 1 atom stereocenters. The van der Waals surface area contributed by atoms with E-state index in [1.54, 1.807) is 29.3 Å². The zero-order valence-electron chi connectivity index (χ0n) is 14.1. The molecule has 0 N–H and O–H groups in total. The van der Waals surface area contributed by atoms with Gasteiger partial charge in [0.2, 0.25) is 0 Å². The molecule has 126 valence electrons. The number of amides is 2. The Morgan fingerprint density at radius 3 is 2.46 bits per heavy atom. The first-order valence-corrected chi connectivity index (χ1v) is 8.59. The van der Waals surface area contributed by atoms with E-state index in [0.717, 1.165) is 34.8 Å². The van der Waals surface area contributed by atoms with Crippen molar-refractivity contribution < 1.29 is 9.59 Å². The summed E-state index contributed by atoms with van der Waals surface area (Å²) in [4.78, 5) is 38.3. The Bertz CT molecular complexity index is 938. The lowest BCUT2D eigenvalue weighted by Gasteiger charge is -2.19. The number of aryl methyl sites for hydroxylation is 2. The SMILES string of the molecule is CC[C@H](C)N1C(=O)S/C(=C/c2ccc3c(c2)n(C)c(=O)n3C)C1=O. The van der Waals surface area contributed by atoms with Gasteiger partial charge in [-0.2, -0.15) is 0 Å². The second kappa shape index (κ2) is 5.98. The lowest BCUT2D eigenvalue weighted by Crippen LogP contribution is -2.36. The maximum absolute atomic E-state index is 12.5. The van der Waals surface area contributed by atoms with Gasteiger partial charge in [0, 0.05) is 20.1 Å². The number of imide groups is 1.